The molecule has 4 aromatic rings. The van der Waals surface area contributed by atoms with Gasteiger partial charge in [0.15, 0.2) is 4.34 Å². The van der Waals surface area contributed by atoms with Crippen molar-refractivity contribution >= 4 is 44.7 Å². The van der Waals surface area contributed by atoms with Crippen molar-refractivity contribution in [3.8, 4) is 16.3 Å². The van der Waals surface area contributed by atoms with Crippen LogP contribution in [0.1, 0.15) is 11.3 Å². The van der Waals surface area contributed by atoms with Crippen LogP contribution >= 0.6 is 34.4 Å². The summed E-state index contributed by atoms with van der Waals surface area (Å²) in [5.74, 6) is 1.42. The zero-order valence-electron chi connectivity index (χ0n) is 14.5. The minimum absolute atomic E-state index is 0.647. The first-order valence-electron chi connectivity index (χ1n) is 8.12. The molecule has 0 bridgehead atoms. The molecule has 3 nitrogen and oxygen atoms in total. The van der Waals surface area contributed by atoms with Crippen LogP contribution in [0, 0.1) is 0 Å². The second kappa shape index (κ2) is 7.73. The predicted molar refractivity (Wildman–Crippen MR) is 108 cm³/mol. The molecule has 144 valence electrons. The summed E-state index contributed by atoms with van der Waals surface area (Å²) in [6.45, 7) is 0. The third-order valence-electron chi connectivity index (χ3n) is 3.93. The Bertz CT molecular complexity index is 1100. The number of hydrogen-bond acceptors (Lipinski definition) is 6. The Morgan fingerprint density at radius 1 is 1.07 bits per heavy atom. The Morgan fingerprint density at radius 2 is 1.86 bits per heavy atom. The largest absolute Gasteiger partial charge is 0.497 e. The van der Waals surface area contributed by atoms with Crippen molar-refractivity contribution in [3.05, 3.63) is 59.1 Å². The molecule has 0 unspecified atom stereocenters. The normalized spacial score (nSPS) is 11.9. The van der Waals surface area contributed by atoms with E-state index >= 15 is 0 Å². The number of hydrogen-bond donors (Lipinski definition) is 0. The maximum absolute atomic E-state index is 12.7. The van der Waals surface area contributed by atoms with Gasteiger partial charge in [0.05, 0.1) is 28.6 Å². The van der Waals surface area contributed by atoms with Crippen molar-refractivity contribution in [2.75, 3.05) is 7.11 Å². The van der Waals surface area contributed by atoms with Gasteiger partial charge in [-0.25, -0.2) is 9.97 Å². The summed E-state index contributed by atoms with van der Waals surface area (Å²) < 4.78 is 45.3. The first kappa shape index (κ1) is 19.2. The van der Waals surface area contributed by atoms with Crippen LogP contribution in [-0.2, 0) is 11.9 Å². The Hall–Kier alpha value is -2.10. The van der Waals surface area contributed by atoms with Gasteiger partial charge in [-0.05, 0) is 24.3 Å². The molecule has 0 N–H and O–H groups in total. The van der Waals surface area contributed by atoms with Gasteiger partial charge in [-0.1, -0.05) is 23.9 Å². The number of alkyl halides is 3. The molecule has 0 fully saturated rings. The van der Waals surface area contributed by atoms with Gasteiger partial charge in [0.2, 0.25) is 0 Å². The summed E-state index contributed by atoms with van der Waals surface area (Å²) in [6, 6.07) is 10.9. The molecular formula is C19H13F3N2OS3. The highest BCUT2D eigenvalue weighted by Gasteiger charge is 2.30. The minimum atomic E-state index is -4.33. The molecule has 4 rings (SSSR count). The minimum Gasteiger partial charge on any atom is -0.497 e. The standard InChI is InChI=1S/C19H13F3N2OS3/c1-25-14-6-7-16-15(8-14)24-18(28-16)27-10-13-9-26-17(23-13)11-2-4-12(5-3-11)19(20,21)22/h2-9H,10H2,1H3. The number of nitrogens with zero attached hydrogens (tertiary/aromatic N) is 2. The smallest absolute Gasteiger partial charge is 0.416 e. The quantitative estimate of drug-likeness (QED) is 0.323. The maximum Gasteiger partial charge on any atom is 0.416 e. The lowest BCUT2D eigenvalue weighted by molar-refractivity contribution is -0.137. The van der Waals surface area contributed by atoms with Crippen molar-refractivity contribution in [2.45, 2.75) is 16.3 Å². The molecule has 0 aliphatic heterocycles. The number of thioether (sulfide) groups is 1. The molecule has 0 aliphatic carbocycles. The van der Waals surface area contributed by atoms with Gasteiger partial charge in [0.25, 0.3) is 0 Å². The lowest BCUT2D eigenvalue weighted by atomic mass is 10.1. The fraction of sp³-hybridized carbons (Fsp3) is 0.158. The number of ether oxygens (including phenoxy) is 1. The molecule has 0 spiro atoms. The average molecular weight is 439 g/mol. The van der Waals surface area contributed by atoms with Crippen LogP contribution in [0.5, 0.6) is 5.75 Å². The molecule has 2 heterocycles. The summed E-state index contributed by atoms with van der Waals surface area (Å²) >= 11 is 4.62. The molecule has 0 amide bonds. The highest BCUT2D eigenvalue weighted by molar-refractivity contribution is 8.00. The maximum atomic E-state index is 12.7. The Kier molecular flexibility index (Phi) is 5.31. The van der Waals surface area contributed by atoms with Gasteiger partial charge in [-0.2, -0.15) is 13.2 Å². The van der Waals surface area contributed by atoms with Crippen LogP contribution in [0.15, 0.2) is 52.2 Å². The highest BCUT2D eigenvalue weighted by Crippen LogP contribution is 2.35. The fourth-order valence-electron chi connectivity index (χ4n) is 2.52. The molecule has 2 aromatic heterocycles. The van der Waals surface area contributed by atoms with Crippen LogP contribution in [-0.4, -0.2) is 17.1 Å². The van der Waals surface area contributed by atoms with E-state index in [9.17, 15) is 13.2 Å². The number of benzene rings is 2. The van der Waals surface area contributed by atoms with Gasteiger partial charge in [-0.15, -0.1) is 22.7 Å². The number of methoxy groups -OCH3 is 1. The van der Waals surface area contributed by atoms with Crippen LogP contribution in [0.2, 0.25) is 0 Å². The first-order chi connectivity index (χ1) is 13.4. The van der Waals surface area contributed by atoms with E-state index in [1.807, 2.05) is 23.6 Å². The third-order valence-corrected chi connectivity index (χ3v) is 7.08. The summed E-state index contributed by atoms with van der Waals surface area (Å²) in [7, 11) is 1.62. The van der Waals surface area contributed by atoms with Gasteiger partial charge in [0.1, 0.15) is 10.8 Å². The topological polar surface area (TPSA) is 35.0 Å². The molecule has 28 heavy (non-hydrogen) atoms. The molecule has 2 aromatic carbocycles. The first-order valence-corrected chi connectivity index (χ1v) is 10.8. The molecular weight excluding hydrogens is 425 g/mol. The van der Waals surface area contributed by atoms with Crippen molar-refractivity contribution < 1.29 is 17.9 Å². The second-order valence-electron chi connectivity index (χ2n) is 5.82. The number of aromatic nitrogens is 2. The van der Waals surface area contributed by atoms with Crippen LogP contribution in [0.4, 0.5) is 13.2 Å². The van der Waals surface area contributed by atoms with Crippen LogP contribution < -0.4 is 4.74 Å². The number of halogens is 3. The molecule has 9 heteroatoms. The van der Waals surface area contributed by atoms with E-state index in [4.69, 9.17) is 4.74 Å². The van der Waals surface area contributed by atoms with E-state index in [0.29, 0.717) is 16.3 Å². The van der Waals surface area contributed by atoms with E-state index in [2.05, 4.69) is 9.97 Å². The zero-order chi connectivity index (χ0) is 19.7. The van der Waals surface area contributed by atoms with Crippen molar-refractivity contribution in [1.29, 1.82) is 0 Å². The SMILES string of the molecule is COc1ccc2sc(SCc3csc(-c4ccc(C(F)(F)F)cc4)n3)nc2c1. The number of thiazole rings is 2. The monoisotopic (exact) mass is 438 g/mol. The van der Waals surface area contributed by atoms with Gasteiger partial charge < -0.3 is 4.74 Å². The fourth-order valence-corrected chi connectivity index (χ4v) is 5.39. The van der Waals surface area contributed by atoms with Crippen molar-refractivity contribution in [2.24, 2.45) is 0 Å². The summed E-state index contributed by atoms with van der Waals surface area (Å²) in [4.78, 5) is 9.15. The van der Waals surface area contributed by atoms with Crippen LogP contribution in [0.3, 0.4) is 0 Å². The molecule has 0 saturated heterocycles. The predicted octanol–water partition coefficient (Wildman–Crippen LogP) is 6.74. The van der Waals surface area contributed by atoms with E-state index in [1.54, 1.807) is 30.2 Å². The molecule has 0 aliphatic rings. The summed E-state index contributed by atoms with van der Waals surface area (Å²) in [6.07, 6.45) is -4.33. The van der Waals surface area contributed by atoms with E-state index in [-0.39, 0.29) is 0 Å². The third kappa shape index (κ3) is 4.16. The lowest BCUT2D eigenvalue weighted by Gasteiger charge is -2.06. The lowest BCUT2D eigenvalue weighted by Crippen LogP contribution is -2.03. The Balaban J connectivity index is 1.45. The molecule has 0 radical (unpaired) electrons. The summed E-state index contributed by atoms with van der Waals surface area (Å²) in [5, 5.41) is 2.63. The summed E-state index contributed by atoms with van der Waals surface area (Å²) in [5.41, 5.74) is 1.80. The van der Waals surface area contributed by atoms with Gasteiger partial charge in [0, 0.05) is 22.8 Å². The van der Waals surface area contributed by atoms with Crippen LogP contribution in [0.25, 0.3) is 20.8 Å². The Labute approximate surface area is 171 Å². The zero-order valence-corrected chi connectivity index (χ0v) is 16.9. The second-order valence-corrected chi connectivity index (χ2v) is 8.93. The average Bonchev–Trinajstić information content (AvgIpc) is 3.31. The molecule has 0 atom stereocenters. The molecule has 0 saturated carbocycles. The van der Waals surface area contributed by atoms with Crippen molar-refractivity contribution in [3.63, 3.8) is 0 Å². The van der Waals surface area contributed by atoms with E-state index in [0.717, 1.165) is 38.1 Å². The Morgan fingerprint density at radius 3 is 2.57 bits per heavy atom. The number of rotatable bonds is 5. The van der Waals surface area contributed by atoms with Gasteiger partial charge >= 0.3 is 6.18 Å². The van der Waals surface area contributed by atoms with Gasteiger partial charge in [-0.3, -0.25) is 0 Å². The van der Waals surface area contributed by atoms with E-state index in [1.165, 1.54) is 23.5 Å². The highest BCUT2D eigenvalue weighted by atomic mass is 32.2. The van der Waals surface area contributed by atoms with E-state index < -0.39 is 11.7 Å². The number of fused-ring (bicyclic) bond motifs is 1. The van der Waals surface area contributed by atoms with Crippen molar-refractivity contribution in [1.82, 2.24) is 9.97 Å².